The Balaban J connectivity index is 1.37. The van der Waals surface area contributed by atoms with Gasteiger partial charge < -0.3 is 15.2 Å². The molecule has 0 aromatic carbocycles. The van der Waals surface area contributed by atoms with Crippen molar-refractivity contribution in [1.82, 2.24) is 15.0 Å². The topological polar surface area (TPSA) is 97.2 Å². The molecule has 1 aliphatic rings. The van der Waals surface area contributed by atoms with Crippen molar-refractivity contribution >= 4 is 11.8 Å². The first-order valence-corrected chi connectivity index (χ1v) is 10.9. The van der Waals surface area contributed by atoms with Crippen LogP contribution in [-0.2, 0) is 11.2 Å². The fraction of sp³-hybridized carbons (Fsp3) is 0.565. The minimum absolute atomic E-state index is 0.0655. The highest BCUT2D eigenvalue weighted by molar-refractivity contribution is 5.68. The van der Waals surface area contributed by atoms with E-state index in [-0.39, 0.29) is 12.3 Å². The molecule has 0 saturated heterocycles. The van der Waals surface area contributed by atoms with Gasteiger partial charge in [-0.05, 0) is 61.6 Å². The van der Waals surface area contributed by atoms with E-state index in [0.29, 0.717) is 6.01 Å². The van der Waals surface area contributed by atoms with Gasteiger partial charge >= 0.3 is 12.0 Å². The summed E-state index contributed by atoms with van der Waals surface area (Å²) in [6.45, 7) is 1.03. The van der Waals surface area contributed by atoms with E-state index in [9.17, 15) is 9.90 Å². The zero-order valence-corrected chi connectivity index (χ0v) is 17.7. The highest BCUT2D eigenvalue weighted by Crippen LogP contribution is 2.29. The lowest BCUT2D eigenvalue weighted by molar-refractivity contribution is -0.137. The molecule has 7 nitrogen and oxygen atoms in total. The second-order valence-corrected chi connectivity index (χ2v) is 8.09. The number of nitrogens with one attached hydrogen (secondary N) is 1. The Labute approximate surface area is 178 Å². The number of aryl methyl sites for hydroxylation is 1. The van der Waals surface area contributed by atoms with Crippen LogP contribution < -0.4 is 10.1 Å². The van der Waals surface area contributed by atoms with Crippen molar-refractivity contribution < 1.29 is 14.6 Å². The van der Waals surface area contributed by atoms with E-state index in [2.05, 4.69) is 27.4 Å². The summed E-state index contributed by atoms with van der Waals surface area (Å²) in [6, 6.07) is 6.50. The lowest BCUT2D eigenvalue weighted by atomic mass is 9.92. The Morgan fingerprint density at radius 1 is 1.20 bits per heavy atom. The van der Waals surface area contributed by atoms with Gasteiger partial charge in [-0.25, -0.2) is 15.0 Å². The van der Waals surface area contributed by atoms with Crippen LogP contribution in [0.25, 0.3) is 0 Å². The third kappa shape index (κ3) is 7.61. The van der Waals surface area contributed by atoms with E-state index >= 15 is 0 Å². The van der Waals surface area contributed by atoms with Crippen molar-refractivity contribution in [2.45, 2.75) is 63.7 Å². The second-order valence-electron chi connectivity index (χ2n) is 8.09. The molecule has 1 saturated carbocycles. The van der Waals surface area contributed by atoms with Crippen molar-refractivity contribution in [3.05, 3.63) is 41.9 Å². The first-order chi connectivity index (χ1) is 14.6. The Morgan fingerprint density at radius 3 is 2.67 bits per heavy atom. The number of hydrogen-bond acceptors (Lipinski definition) is 6. The smallest absolute Gasteiger partial charge is 0.316 e. The van der Waals surface area contributed by atoms with Gasteiger partial charge in [-0.1, -0.05) is 25.3 Å². The standard InChI is InChI=1S/C23H32N4O3/c1-30-23-25-15-19(16-26-23)18(13-22(28)29)7-4-2-3-5-8-20-9-6-10-21(27-20)24-14-17-11-12-17/h6,9-10,15-18H,2-5,7-8,11-14H2,1H3,(H,24,27)(H,28,29)/t18-/m0/s1. The fourth-order valence-electron chi connectivity index (χ4n) is 3.58. The van der Waals surface area contributed by atoms with Crippen LogP contribution in [-0.4, -0.2) is 39.7 Å². The lowest BCUT2D eigenvalue weighted by Gasteiger charge is -2.14. The van der Waals surface area contributed by atoms with E-state index in [1.807, 2.05) is 6.07 Å². The van der Waals surface area contributed by atoms with Crippen molar-refractivity contribution in [3.8, 4) is 6.01 Å². The van der Waals surface area contributed by atoms with Gasteiger partial charge in [0.15, 0.2) is 0 Å². The molecule has 7 heteroatoms. The van der Waals surface area contributed by atoms with Crippen LogP contribution in [0.2, 0.25) is 0 Å². The Hall–Kier alpha value is -2.70. The molecule has 0 radical (unpaired) electrons. The maximum absolute atomic E-state index is 11.2. The normalized spacial score (nSPS) is 14.3. The maximum Gasteiger partial charge on any atom is 0.316 e. The largest absolute Gasteiger partial charge is 0.481 e. The van der Waals surface area contributed by atoms with Crippen LogP contribution in [0.1, 0.15) is 68.5 Å². The predicted octanol–water partition coefficient (Wildman–Crippen LogP) is 4.45. The minimum atomic E-state index is -0.794. The van der Waals surface area contributed by atoms with Gasteiger partial charge in [0.25, 0.3) is 0 Å². The summed E-state index contributed by atoms with van der Waals surface area (Å²) in [5, 5.41) is 12.7. The van der Waals surface area contributed by atoms with E-state index in [4.69, 9.17) is 9.72 Å². The number of carboxylic acid groups (broad SMARTS) is 1. The third-order valence-corrected chi connectivity index (χ3v) is 5.53. The van der Waals surface area contributed by atoms with E-state index < -0.39 is 5.97 Å². The summed E-state index contributed by atoms with van der Waals surface area (Å²) in [5.41, 5.74) is 1.99. The van der Waals surface area contributed by atoms with Gasteiger partial charge in [0.2, 0.25) is 0 Å². The molecule has 162 valence electrons. The minimum Gasteiger partial charge on any atom is -0.481 e. The Bertz CT molecular complexity index is 793. The van der Waals surface area contributed by atoms with Crippen LogP contribution in [0.5, 0.6) is 6.01 Å². The predicted molar refractivity (Wildman–Crippen MR) is 116 cm³/mol. The molecule has 0 unspecified atom stereocenters. The molecule has 2 aromatic heterocycles. The number of nitrogens with zero attached hydrogens (tertiary/aromatic N) is 3. The second kappa shape index (κ2) is 11.5. The van der Waals surface area contributed by atoms with Crippen molar-refractivity contribution in [2.24, 2.45) is 5.92 Å². The molecule has 1 atom stereocenters. The monoisotopic (exact) mass is 412 g/mol. The average molecular weight is 413 g/mol. The molecule has 30 heavy (non-hydrogen) atoms. The van der Waals surface area contributed by atoms with Gasteiger partial charge in [0.05, 0.1) is 13.5 Å². The molecule has 1 aliphatic carbocycles. The number of rotatable bonds is 14. The molecule has 2 heterocycles. The van der Waals surface area contributed by atoms with Crippen LogP contribution in [0.15, 0.2) is 30.6 Å². The summed E-state index contributed by atoms with van der Waals surface area (Å²) >= 11 is 0. The van der Waals surface area contributed by atoms with E-state index in [1.54, 1.807) is 12.4 Å². The molecule has 2 aromatic rings. The Kier molecular flexibility index (Phi) is 8.41. The van der Waals surface area contributed by atoms with Gasteiger partial charge in [-0.2, -0.15) is 0 Å². The molecule has 3 rings (SSSR count). The molecule has 0 spiro atoms. The first-order valence-electron chi connectivity index (χ1n) is 10.9. The van der Waals surface area contributed by atoms with Crippen LogP contribution in [0.3, 0.4) is 0 Å². The van der Waals surface area contributed by atoms with Gasteiger partial charge in [-0.3, -0.25) is 4.79 Å². The fourth-order valence-corrected chi connectivity index (χ4v) is 3.58. The summed E-state index contributed by atoms with van der Waals surface area (Å²) in [5.74, 6) is 0.962. The zero-order valence-electron chi connectivity index (χ0n) is 17.7. The quantitative estimate of drug-likeness (QED) is 0.442. The number of anilines is 1. The maximum atomic E-state index is 11.2. The van der Waals surface area contributed by atoms with Gasteiger partial charge in [0.1, 0.15) is 5.82 Å². The number of carbonyl (C=O) groups is 1. The molecule has 0 aliphatic heterocycles. The number of hydrogen-bond donors (Lipinski definition) is 2. The van der Waals surface area contributed by atoms with Crippen molar-refractivity contribution in [3.63, 3.8) is 0 Å². The van der Waals surface area contributed by atoms with Crippen molar-refractivity contribution in [1.29, 1.82) is 0 Å². The Morgan fingerprint density at radius 2 is 1.97 bits per heavy atom. The lowest BCUT2D eigenvalue weighted by Crippen LogP contribution is -2.08. The molecule has 1 fully saturated rings. The molecule has 0 bridgehead atoms. The number of carboxylic acids is 1. The van der Waals surface area contributed by atoms with Gasteiger partial charge in [0, 0.05) is 24.6 Å². The summed E-state index contributed by atoms with van der Waals surface area (Å²) in [7, 11) is 1.51. The van der Waals surface area contributed by atoms with Crippen molar-refractivity contribution in [2.75, 3.05) is 19.0 Å². The van der Waals surface area contributed by atoms with Crippen LogP contribution in [0.4, 0.5) is 5.82 Å². The van der Waals surface area contributed by atoms with Crippen LogP contribution >= 0.6 is 0 Å². The third-order valence-electron chi connectivity index (χ3n) is 5.53. The summed E-state index contributed by atoms with van der Waals surface area (Å²) in [4.78, 5) is 24.2. The highest BCUT2D eigenvalue weighted by Gasteiger charge is 2.20. The number of unbranched alkanes of at least 4 members (excludes halogenated alkanes) is 3. The number of ether oxygens (including phenoxy) is 1. The van der Waals surface area contributed by atoms with E-state index in [1.165, 1.54) is 20.0 Å². The summed E-state index contributed by atoms with van der Waals surface area (Å²) in [6.07, 6.45) is 12.2. The summed E-state index contributed by atoms with van der Waals surface area (Å²) < 4.78 is 4.98. The number of aliphatic carboxylic acids is 1. The van der Waals surface area contributed by atoms with E-state index in [0.717, 1.165) is 68.1 Å². The zero-order chi connectivity index (χ0) is 21.2. The highest BCUT2D eigenvalue weighted by atomic mass is 16.5. The van der Waals surface area contributed by atoms with Gasteiger partial charge in [-0.15, -0.1) is 0 Å². The molecular formula is C23H32N4O3. The SMILES string of the molecule is COc1ncc([C@@H](CCCCCCc2cccc(NCC3CC3)n2)CC(=O)O)cn1. The average Bonchev–Trinajstić information content (AvgIpc) is 3.58. The molecule has 2 N–H and O–H groups in total. The molecule has 0 amide bonds. The molecular weight excluding hydrogens is 380 g/mol. The number of aromatic nitrogens is 3. The number of pyridine rings is 1. The number of methoxy groups -OCH3 is 1. The van der Waals surface area contributed by atoms with Crippen LogP contribution in [0, 0.1) is 5.92 Å². The first kappa shape index (κ1) is 22.0.